The third-order valence-electron chi connectivity index (χ3n) is 4.69. The van der Waals surface area contributed by atoms with Crippen molar-refractivity contribution in [3.63, 3.8) is 0 Å². The highest BCUT2D eigenvalue weighted by Crippen LogP contribution is 2.38. The van der Waals surface area contributed by atoms with Gasteiger partial charge in [-0.2, -0.15) is 0 Å². The molecule has 0 bridgehead atoms. The normalized spacial score (nSPS) is 26.0. The summed E-state index contributed by atoms with van der Waals surface area (Å²) in [6, 6.07) is 6.16. The first kappa shape index (κ1) is 16.2. The molecule has 2 atom stereocenters. The zero-order valence-corrected chi connectivity index (χ0v) is 13.6. The van der Waals surface area contributed by atoms with Gasteiger partial charge in [0.1, 0.15) is 6.29 Å². The highest BCUT2D eigenvalue weighted by Gasteiger charge is 2.36. The van der Waals surface area contributed by atoms with Gasteiger partial charge in [-0.15, -0.1) is 0 Å². The number of rotatable bonds is 6. The van der Waals surface area contributed by atoms with Crippen molar-refractivity contribution in [2.75, 3.05) is 13.1 Å². The zero-order chi connectivity index (χ0) is 15.3. The number of carbonyl (C=O) groups is 1. The van der Waals surface area contributed by atoms with Gasteiger partial charge < -0.3 is 4.79 Å². The van der Waals surface area contributed by atoms with E-state index in [1.165, 1.54) is 19.1 Å². The molecule has 0 spiro atoms. The summed E-state index contributed by atoms with van der Waals surface area (Å²) in [6.45, 7) is 9.13. The lowest BCUT2D eigenvalue weighted by molar-refractivity contribution is -0.120. The molecule has 2 unspecified atom stereocenters. The third-order valence-corrected chi connectivity index (χ3v) is 4.69. The van der Waals surface area contributed by atoms with Crippen molar-refractivity contribution in [2.45, 2.75) is 53.0 Å². The monoisotopic (exact) mass is 288 g/mol. The number of aryl methyl sites for hydroxylation is 1. The summed E-state index contributed by atoms with van der Waals surface area (Å²) in [5, 5.41) is 0. The maximum absolute atomic E-state index is 11.7. The maximum Gasteiger partial charge on any atom is 0.127 e. The average molecular weight is 288 g/mol. The fourth-order valence-corrected chi connectivity index (χ4v) is 3.63. The molecule has 0 saturated heterocycles. The van der Waals surface area contributed by atoms with Crippen molar-refractivity contribution in [2.24, 2.45) is 11.3 Å². The van der Waals surface area contributed by atoms with Crippen LogP contribution in [0.4, 0.5) is 0 Å². The quantitative estimate of drug-likeness (QED) is 0.750. The molecule has 21 heavy (non-hydrogen) atoms. The van der Waals surface area contributed by atoms with Crippen LogP contribution in [-0.2, 0) is 11.3 Å². The van der Waals surface area contributed by atoms with Gasteiger partial charge in [0.05, 0.1) is 5.69 Å². The Hall–Kier alpha value is -1.22. The third kappa shape index (κ3) is 4.37. The molecule has 116 valence electrons. The number of hydrogen-bond acceptors (Lipinski definition) is 3. The Morgan fingerprint density at radius 3 is 2.90 bits per heavy atom. The van der Waals surface area contributed by atoms with Crippen LogP contribution in [0.25, 0.3) is 0 Å². The maximum atomic E-state index is 11.7. The lowest BCUT2D eigenvalue weighted by Gasteiger charge is -2.39. The second kappa shape index (κ2) is 7.17. The second-order valence-corrected chi connectivity index (χ2v) is 6.76. The fraction of sp³-hybridized carbons (Fsp3) is 0.667. The number of aldehydes is 1. The van der Waals surface area contributed by atoms with Gasteiger partial charge in [0.15, 0.2) is 0 Å². The van der Waals surface area contributed by atoms with Gasteiger partial charge in [0.25, 0.3) is 0 Å². The van der Waals surface area contributed by atoms with E-state index in [1.54, 1.807) is 0 Å². The summed E-state index contributed by atoms with van der Waals surface area (Å²) in [5.74, 6) is 0.666. The molecular formula is C18H28N2O. The van der Waals surface area contributed by atoms with Crippen LogP contribution < -0.4 is 0 Å². The first-order chi connectivity index (χ1) is 10.1. The Labute approximate surface area is 128 Å². The minimum Gasteiger partial charge on any atom is -0.303 e. The molecule has 1 aliphatic rings. The number of nitrogens with zero attached hydrogens (tertiary/aromatic N) is 2. The standard InChI is InChI=1S/C18H28N2O/c1-4-20(12-17-9-5-8-16(3)19-17)13-18(14-21)10-6-7-15(2)11-18/h5,8-9,14-15H,4,6-7,10-13H2,1-3H3. The minimum absolute atomic E-state index is 0.141. The number of aromatic nitrogens is 1. The summed E-state index contributed by atoms with van der Waals surface area (Å²) >= 11 is 0. The van der Waals surface area contributed by atoms with Crippen LogP contribution >= 0.6 is 0 Å². The molecule has 3 nitrogen and oxygen atoms in total. The highest BCUT2D eigenvalue weighted by atomic mass is 16.1. The molecule has 3 heteroatoms. The van der Waals surface area contributed by atoms with Crippen LogP contribution in [0, 0.1) is 18.3 Å². The molecule has 0 aromatic carbocycles. The van der Waals surface area contributed by atoms with Crippen LogP contribution in [0.5, 0.6) is 0 Å². The Kier molecular flexibility index (Phi) is 5.51. The van der Waals surface area contributed by atoms with Crippen LogP contribution in [0.3, 0.4) is 0 Å². The Morgan fingerprint density at radius 2 is 2.29 bits per heavy atom. The summed E-state index contributed by atoms with van der Waals surface area (Å²) in [6.07, 6.45) is 5.75. The largest absolute Gasteiger partial charge is 0.303 e. The number of carbonyl (C=O) groups excluding carboxylic acids is 1. The molecule has 1 aromatic rings. The van der Waals surface area contributed by atoms with Crippen molar-refractivity contribution in [3.05, 3.63) is 29.6 Å². The molecule has 1 heterocycles. The van der Waals surface area contributed by atoms with E-state index in [0.717, 1.165) is 43.9 Å². The van der Waals surface area contributed by atoms with Gasteiger partial charge >= 0.3 is 0 Å². The van der Waals surface area contributed by atoms with E-state index in [1.807, 2.05) is 13.0 Å². The summed E-state index contributed by atoms with van der Waals surface area (Å²) in [7, 11) is 0. The smallest absolute Gasteiger partial charge is 0.127 e. The first-order valence-corrected chi connectivity index (χ1v) is 8.18. The Balaban J connectivity index is 2.05. The Morgan fingerprint density at radius 1 is 1.48 bits per heavy atom. The van der Waals surface area contributed by atoms with Crippen molar-refractivity contribution < 1.29 is 4.79 Å². The minimum atomic E-state index is -0.141. The second-order valence-electron chi connectivity index (χ2n) is 6.76. The predicted octanol–water partition coefficient (Wildman–Crippen LogP) is 3.61. The summed E-state index contributed by atoms with van der Waals surface area (Å²) < 4.78 is 0. The molecule has 1 saturated carbocycles. The van der Waals surface area contributed by atoms with Gasteiger partial charge in [-0.3, -0.25) is 9.88 Å². The van der Waals surface area contributed by atoms with E-state index in [4.69, 9.17) is 0 Å². The van der Waals surface area contributed by atoms with Gasteiger partial charge in [-0.1, -0.05) is 32.8 Å². The van der Waals surface area contributed by atoms with Crippen LogP contribution in [0.15, 0.2) is 18.2 Å². The molecular weight excluding hydrogens is 260 g/mol. The molecule has 1 aliphatic carbocycles. The van der Waals surface area contributed by atoms with Crippen LogP contribution in [0.2, 0.25) is 0 Å². The van der Waals surface area contributed by atoms with Crippen LogP contribution in [0.1, 0.15) is 50.9 Å². The van der Waals surface area contributed by atoms with E-state index in [9.17, 15) is 4.79 Å². The zero-order valence-electron chi connectivity index (χ0n) is 13.6. The molecule has 2 rings (SSSR count). The van der Waals surface area contributed by atoms with Crippen molar-refractivity contribution in [3.8, 4) is 0 Å². The highest BCUT2D eigenvalue weighted by molar-refractivity contribution is 5.60. The fourth-order valence-electron chi connectivity index (χ4n) is 3.63. The van der Waals surface area contributed by atoms with Crippen molar-refractivity contribution in [1.29, 1.82) is 0 Å². The topological polar surface area (TPSA) is 33.2 Å². The van der Waals surface area contributed by atoms with E-state index >= 15 is 0 Å². The number of hydrogen-bond donors (Lipinski definition) is 0. The lowest BCUT2D eigenvalue weighted by atomic mass is 9.70. The molecule has 0 amide bonds. The predicted molar refractivity (Wildman–Crippen MR) is 86.1 cm³/mol. The Bertz CT molecular complexity index is 474. The van der Waals surface area contributed by atoms with E-state index in [-0.39, 0.29) is 5.41 Å². The van der Waals surface area contributed by atoms with Crippen LogP contribution in [-0.4, -0.2) is 29.3 Å². The van der Waals surface area contributed by atoms with Gasteiger partial charge in [0.2, 0.25) is 0 Å². The van der Waals surface area contributed by atoms with Crippen molar-refractivity contribution in [1.82, 2.24) is 9.88 Å². The van der Waals surface area contributed by atoms with Gasteiger partial charge in [-0.25, -0.2) is 0 Å². The van der Waals surface area contributed by atoms with Gasteiger partial charge in [0, 0.05) is 24.2 Å². The lowest BCUT2D eigenvalue weighted by Crippen LogP contribution is -2.41. The molecule has 1 aromatic heterocycles. The summed E-state index contributed by atoms with van der Waals surface area (Å²) in [4.78, 5) is 18.7. The van der Waals surface area contributed by atoms with Crippen molar-refractivity contribution >= 4 is 6.29 Å². The molecule has 0 radical (unpaired) electrons. The van der Waals surface area contributed by atoms with E-state index in [2.05, 4.69) is 35.9 Å². The SMILES string of the molecule is CCN(Cc1cccc(C)n1)CC1(C=O)CCCC(C)C1. The molecule has 0 aliphatic heterocycles. The summed E-state index contributed by atoms with van der Waals surface area (Å²) in [5.41, 5.74) is 2.01. The van der Waals surface area contributed by atoms with E-state index in [0.29, 0.717) is 5.92 Å². The first-order valence-electron chi connectivity index (χ1n) is 8.18. The average Bonchev–Trinajstić information content (AvgIpc) is 2.46. The number of pyridine rings is 1. The van der Waals surface area contributed by atoms with E-state index < -0.39 is 0 Å². The van der Waals surface area contributed by atoms with Gasteiger partial charge in [-0.05, 0) is 44.4 Å². The molecule has 1 fully saturated rings. The molecule has 0 N–H and O–H groups in total.